The van der Waals surface area contributed by atoms with Gasteiger partial charge in [0.05, 0.1) is 16.8 Å². The molecule has 1 atom stereocenters. The second-order valence-corrected chi connectivity index (χ2v) is 7.75. The van der Waals surface area contributed by atoms with Gasteiger partial charge in [-0.15, -0.1) is 11.3 Å². The first-order chi connectivity index (χ1) is 11.8. The molecule has 3 rings (SSSR count). The first kappa shape index (κ1) is 17.6. The fourth-order valence-electron chi connectivity index (χ4n) is 3.44. The van der Waals surface area contributed by atoms with Crippen LogP contribution >= 0.6 is 11.3 Å². The summed E-state index contributed by atoms with van der Waals surface area (Å²) in [6, 6.07) is 10.1. The zero-order valence-electron chi connectivity index (χ0n) is 14.5. The van der Waals surface area contributed by atoms with E-state index in [-0.39, 0.29) is 6.10 Å². The number of aromatic nitrogens is 1. The Bertz CT molecular complexity index is 605. The molecule has 1 aromatic carbocycles. The summed E-state index contributed by atoms with van der Waals surface area (Å²) in [7, 11) is 0. The lowest BCUT2D eigenvalue weighted by atomic mass is 9.87. The zero-order valence-corrected chi connectivity index (χ0v) is 15.3. The Balaban J connectivity index is 1.47. The smallest absolute Gasteiger partial charge is 0.0928 e. The van der Waals surface area contributed by atoms with Gasteiger partial charge in [0.2, 0.25) is 0 Å². The molecule has 0 saturated carbocycles. The summed E-state index contributed by atoms with van der Waals surface area (Å²) < 4.78 is 0. The summed E-state index contributed by atoms with van der Waals surface area (Å²) >= 11 is 1.80. The highest BCUT2D eigenvalue weighted by molar-refractivity contribution is 7.09. The minimum absolute atomic E-state index is 0.326. The maximum absolute atomic E-state index is 10.6. The van der Waals surface area contributed by atoms with E-state index >= 15 is 0 Å². The Morgan fingerprint density at radius 2 is 2.00 bits per heavy atom. The summed E-state index contributed by atoms with van der Waals surface area (Å²) in [5.41, 5.74) is 2.27. The second-order valence-electron chi connectivity index (χ2n) is 6.81. The molecule has 3 nitrogen and oxygen atoms in total. The van der Waals surface area contributed by atoms with Gasteiger partial charge in [-0.2, -0.15) is 0 Å². The third-order valence-corrected chi connectivity index (χ3v) is 5.91. The first-order valence-electron chi connectivity index (χ1n) is 9.15. The SMILES string of the molecule is CCCCc1nc(CN2CCC([C@@H](O)c3ccccc3)CC2)cs1. The van der Waals surface area contributed by atoms with Crippen LogP contribution in [0.25, 0.3) is 0 Å². The second kappa shape index (κ2) is 8.75. The number of rotatable bonds is 7. The van der Waals surface area contributed by atoms with E-state index in [1.165, 1.54) is 23.5 Å². The van der Waals surface area contributed by atoms with Gasteiger partial charge in [-0.05, 0) is 50.3 Å². The Kier molecular flexibility index (Phi) is 6.41. The largest absolute Gasteiger partial charge is 0.388 e. The number of piperidine rings is 1. The van der Waals surface area contributed by atoms with Gasteiger partial charge in [0, 0.05) is 11.9 Å². The molecule has 0 spiro atoms. The van der Waals surface area contributed by atoms with E-state index in [9.17, 15) is 5.11 Å². The normalized spacial score (nSPS) is 17.9. The molecule has 0 amide bonds. The number of nitrogens with zero attached hydrogens (tertiary/aromatic N) is 2. The molecule has 130 valence electrons. The van der Waals surface area contributed by atoms with E-state index < -0.39 is 0 Å². The highest BCUT2D eigenvalue weighted by Gasteiger charge is 2.26. The molecule has 1 aliphatic rings. The van der Waals surface area contributed by atoms with Crippen LogP contribution in [-0.4, -0.2) is 28.1 Å². The van der Waals surface area contributed by atoms with E-state index in [1.54, 1.807) is 11.3 Å². The number of aliphatic hydroxyl groups is 1. The quantitative estimate of drug-likeness (QED) is 0.807. The van der Waals surface area contributed by atoms with Crippen LogP contribution in [-0.2, 0) is 13.0 Å². The maximum atomic E-state index is 10.6. The van der Waals surface area contributed by atoms with Gasteiger partial charge in [0.15, 0.2) is 0 Å². The van der Waals surface area contributed by atoms with Gasteiger partial charge < -0.3 is 5.11 Å². The van der Waals surface area contributed by atoms with Gasteiger partial charge in [-0.25, -0.2) is 4.98 Å². The third kappa shape index (κ3) is 4.65. The predicted octanol–water partition coefficient (Wildman–Crippen LogP) is 4.43. The van der Waals surface area contributed by atoms with Crippen LogP contribution in [0.2, 0.25) is 0 Å². The molecule has 0 bridgehead atoms. The molecule has 0 aliphatic carbocycles. The Labute approximate surface area is 149 Å². The lowest BCUT2D eigenvalue weighted by Crippen LogP contribution is -2.35. The van der Waals surface area contributed by atoms with Crippen molar-refractivity contribution in [1.29, 1.82) is 0 Å². The minimum Gasteiger partial charge on any atom is -0.388 e. The van der Waals surface area contributed by atoms with Gasteiger partial charge >= 0.3 is 0 Å². The van der Waals surface area contributed by atoms with Gasteiger partial charge in [0.25, 0.3) is 0 Å². The van der Waals surface area contributed by atoms with Crippen LogP contribution in [0.5, 0.6) is 0 Å². The molecule has 1 aromatic heterocycles. The summed E-state index contributed by atoms with van der Waals surface area (Å²) in [6.07, 6.45) is 5.37. The molecule has 0 unspecified atom stereocenters. The molecule has 2 heterocycles. The molecule has 2 aromatic rings. The van der Waals surface area contributed by atoms with E-state index in [0.29, 0.717) is 5.92 Å². The number of thiazole rings is 1. The number of hydrogen-bond acceptors (Lipinski definition) is 4. The van der Waals surface area contributed by atoms with Crippen LogP contribution < -0.4 is 0 Å². The summed E-state index contributed by atoms with van der Waals surface area (Å²) in [5.74, 6) is 0.374. The third-order valence-electron chi connectivity index (χ3n) is 4.95. The fraction of sp³-hybridized carbons (Fsp3) is 0.550. The minimum atomic E-state index is -0.326. The van der Waals surface area contributed by atoms with E-state index in [4.69, 9.17) is 4.98 Å². The average Bonchev–Trinajstić information content (AvgIpc) is 3.08. The number of aliphatic hydroxyl groups excluding tert-OH is 1. The molecule has 0 radical (unpaired) electrons. The highest BCUT2D eigenvalue weighted by atomic mass is 32.1. The highest BCUT2D eigenvalue weighted by Crippen LogP contribution is 2.31. The number of benzene rings is 1. The van der Waals surface area contributed by atoms with Crippen molar-refractivity contribution in [3.05, 3.63) is 52.0 Å². The standard InChI is InChI=1S/C20H28N2OS/c1-2-3-9-19-21-18(15-24-19)14-22-12-10-17(11-13-22)20(23)16-7-5-4-6-8-16/h4-8,15,17,20,23H,2-3,9-14H2,1H3/t20-/m0/s1. The molecular weight excluding hydrogens is 316 g/mol. The van der Waals surface area contributed by atoms with Crippen LogP contribution in [0.15, 0.2) is 35.7 Å². The van der Waals surface area contributed by atoms with Crippen molar-refractivity contribution in [2.75, 3.05) is 13.1 Å². The number of unbranched alkanes of at least 4 members (excludes halogenated alkanes) is 1. The first-order valence-corrected chi connectivity index (χ1v) is 10.0. The van der Waals surface area contributed by atoms with E-state index in [1.807, 2.05) is 30.3 Å². The van der Waals surface area contributed by atoms with Crippen molar-refractivity contribution in [3.63, 3.8) is 0 Å². The van der Waals surface area contributed by atoms with Crippen LogP contribution in [0.1, 0.15) is 55.0 Å². The van der Waals surface area contributed by atoms with Crippen molar-refractivity contribution < 1.29 is 5.11 Å². The Morgan fingerprint density at radius 3 is 2.71 bits per heavy atom. The molecule has 1 saturated heterocycles. The van der Waals surface area contributed by atoms with E-state index in [0.717, 1.165) is 44.5 Å². The average molecular weight is 345 g/mol. The maximum Gasteiger partial charge on any atom is 0.0928 e. The molecule has 1 N–H and O–H groups in total. The monoisotopic (exact) mass is 344 g/mol. The summed E-state index contributed by atoms with van der Waals surface area (Å²) in [4.78, 5) is 7.25. The molecular formula is C20H28N2OS. The topological polar surface area (TPSA) is 36.4 Å². The van der Waals surface area contributed by atoms with Crippen molar-refractivity contribution in [1.82, 2.24) is 9.88 Å². The summed E-state index contributed by atoms with van der Waals surface area (Å²) in [6.45, 7) is 5.28. The van der Waals surface area contributed by atoms with Gasteiger partial charge in [-0.3, -0.25) is 4.90 Å². The van der Waals surface area contributed by atoms with Gasteiger partial charge in [-0.1, -0.05) is 43.7 Å². The molecule has 1 fully saturated rings. The van der Waals surface area contributed by atoms with Crippen molar-refractivity contribution in [2.45, 2.75) is 51.7 Å². The number of aryl methyl sites for hydroxylation is 1. The van der Waals surface area contributed by atoms with Crippen molar-refractivity contribution in [2.24, 2.45) is 5.92 Å². The van der Waals surface area contributed by atoms with E-state index in [2.05, 4.69) is 17.2 Å². The van der Waals surface area contributed by atoms with Crippen LogP contribution in [0.3, 0.4) is 0 Å². The molecule has 4 heteroatoms. The van der Waals surface area contributed by atoms with Crippen LogP contribution in [0, 0.1) is 5.92 Å². The Hall–Kier alpha value is -1.23. The molecule has 1 aliphatic heterocycles. The summed E-state index contributed by atoms with van der Waals surface area (Å²) in [5, 5.41) is 14.1. The number of likely N-dealkylation sites (tertiary alicyclic amines) is 1. The Morgan fingerprint density at radius 1 is 1.25 bits per heavy atom. The van der Waals surface area contributed by atoms with Crippen LogP contribution in [0.4, 0.5) is 0 Å². The zero-order chi connectivity index (χ0) is 16.8. The lowest BCUT2D eigenvalue weighted by molar-refractivity contribution is 0.0565. The van der Waals surface area contributed by atoms with Gasteiger partial charge in [0.1, 0.15) is 0 Å². The lowest BCUT2D eigenvalue weighted by Gasteiger charge is -2.34. The number of hydrogen-bond donors (Lipinski definition) is 1. The predicted molar refractivity (Wildman–Crippen MR) is 100 cm³/mol. The van der Waals surface area contributed by atoms with Crippen molar-refractivity contribution >= 4 is 11.3 Å². The molecule has 24 heavy (non-hydrogen) atoms. The fourth-order valence-corrected chi connectivity index (χ4v) is 4.27. The van der Waals surface area contributed by atoms with Crippen molar-refractivity contribution in [3.8, 4) is 0 Å².